The van der Waals surface area contributed by atoms with E-state index in [1.165, 1.54) is 0 Å². The molecule has 0 amide bonds. The molecule has 1 rings (SSSR count). The lowest BCUT2D eigenvalue weighted by Crippen LogP contribution is -2.52. The zero-order chi connectivity index (χ0) is 10.1. The van der Waals surface area contributed by atoms with Crippen LogP contribution in [0.25, 0.3) is 0 Å². The van der Waals surface area contributed by atoms with E-state index in [9.17, 15) is 9.59 Å². The first-order chi connectivity index (χ1) is 5.96. The van der Waals surface area contributed by atoms with Crippen LogP contribution in [0, 0.1) is 5.92 Å². The van der Waals surface area contributed by atoms with Gasteiger partial charge in [-0.1, -0.05) is 6.42 Å². The molecule has 0 spiro atoms. The first kappa shape index (κ1) is 9.98. The number of nitrogens with two attached hydrogens (primary N) is 1. The summed E-state index contributed by atoms with van der Waals surface area (Å²) in [6.07, 6.45) is 1.51. The van der Waals surface area contributed by atoms with E-state index in [2.05, 4.69) is 0 Å². The summed E-state index contributed by atoms with van der Waals surface area (Å²) in [5, 5.41) is 17.5. The van der Waals surface area contributed by atoms with Gasteiger partial charge in [-0.05, 0) is 19.3 Å². The van der Waals surface area contributed by atoms with E-state index < -0.39 is 23.4 Å². The van der Waals surface area contributed by atoms with Gasteiger partial charge in [0.2, 0.25) is 0 Å². The fourth-order valence-electron chi connectivity index (χ4n) is 1.71. The molecule has 1 fully saturated rings. The van der Waals surface area contributed by atoms with E-state index in [4.69, 9.17) is 15.9 Å². The molecule has 5 nitrogen and oxygen atoms in total. The maximum atomic E-state index is 10.7. The lowest BCUT2D eigenvalue weighted by atomic mass is 9.76. The van der Waals surface area contributed by atoms with Crippen LogP contribution in [0.1, 0.15) is 25.7 Å². The van der Waals surface area contributed by atoms with Crippen LogP contribution < -0.4 is 5.73 Å². The van der Waals surface area contributed by atoms with Crippen molar-refractivity contribution >= 4 is 11.9 Å². The molecule has 0 aromatic carbocycles. The number of carboxylic acid groups (broad SMARTS) is 2. The van der Waals surface area contributed by atoms with E-state index in [1.807, 2.05) is 0 Å². The highest BCUT2D eigenvalue weighted by molar-refractivity contribution is 5.80. The molecule has 1 aliphatic rings. The summed E-state index contributed by atoms with van der Waals surface area (Å²) in [6.45, 7) is 0. The number of rotatable bonds is 2. The van der Waals surface area contributed by atoms with Crippen LogP contribution in [0.3, 0.4) is 0 Å². The lowest BCUT2D eigenvalue weighted by Gasteiger charge is -2.32. The Bertz CT molecular complexity index is 240. The van der Waals surface area contributed by atoms with Crippen LogP contribution in [0.2, 0.25) is 0 Å². The topological polar surface area (TPSA) is 101 Å². The van der Waals surface area contributed by atoms with Crippen molar-refractivity contribution in [3.63, 3.8) is 0 Å². The van der Waals surface area contributed by atoms with Gasteiger partial charge >= 0.3 is 11.9 Å². The molecule has 13 heavy (non-hydrogen) atoms. The largest absolute Gasteiger partial charge is 0.481 e. The normalized spacial score (nSPS) is 34.1. The van der Waals surface area contributed by atoms with E-state index in [-0.39, 0.29) is 6.42 Å². The molecular weight excluding hydrogens is 174 g/mol. The quantitative estimate of drug-likeness (QED) is 0.566. The first-order valence-electron chi connectivity index (χ1n) is 4.21. The molecule has 0 bridgehead atoms. The van der Waals surface area contributed by atoms with Crippen molar-refractivity contribution in [1.29, 1.82) is 0 Å². The highest BCUT2D eigenvalue weighted by Crippen LogP contribution is 2.30. The summed E-state index contributed by atoms with van der Waals surface area (Å²) < 4.78 is 0. The molecule has 0 unspecified atom stereocenters. The van der Waals surface area contributed by atoms with Crippen LogP contribution in [0.4, 0.5) is 0 Å². The molecule has 1 saturated carbocycles. The third-order valence-electron chi connectivity index (χ3n) is 2.56. The van der Waals surface area contributed by atoms with Crippen molar-refractivity contribution in [2.75, 3.05) is 0 Å². The highest BCUT2D eigenvalue weighted by Gasteiger charge is 2.41. The molecule has 74 valence electrons. The Balaban J connectivity index is 2.71. The van der Waals surface area contributed by atoms with Crippen molar-refractivity contribution < 1.29 is 19.8 Å². The summed E-state index contributed by atoms with van der Waals surface area (Å²) >= 11 is 0. The van der Waals surface area contributed by atoms with Crippen molar-refractivity contribution in [3.8, 4) is 0 Å². The highest BCUT2D eigenvalue weighted by atomic mass is 16.4. The third-order valence-corrected chi connectivity index (χ3v) is 2.56. The Morgan fingerprint density at radius 1 is 1.38 bits per heavy atom. The van der Waals surface area contributed by atoms with Crippen LogP contribution in [0.5, 0.6) is 0 Å². The number of carbonyl (C=O) groups is 2. The number of carboxylic acids is 2. The maximum absolute atomic E-state index is 10.7. The van der Waals surface area contributed by atoms with E-state index in [1.54, 1.807) is 0 Å². The molecule has 0 saturated heterocycles. The zero-order valence-electron chi connectivity index (χ0n) is 7.19. The number of hydrogen-bond acceptors (Lipinski definition) is 3. The fraction of sp³-hybridized carbons (Fsp3) is 0.750. The predicted octanol–water partition coefficient (Wildman–Crippen LogP) is 0.0433. The number of aliphatic carboxylic acids is 2. The van der Waals surface area contributed by atoms with Crippen LogP contribution in [0.15, 0.2) is 0 Å². The average Bonchev–Trinajstić information content (AvgIpc) is 2.04. The molecule has 0 heterocycles. The van der Waals surface area contributed by atoms with E-state index in [0.29, 0.717) is 19.3 Å². The molecule has 1 aliphatic carbocycles. The van der Waals surface area contributed by atoms with Gasteiger partial charge in [-0.25, -0.2) is 0 Å². The van der Waals surface area contributed by atoms with Gasteiger partial charge < -0.3 is 15.9 Å². The van der Waals surface area contributed by atoms with Crippen LogP contribution in [-0.4, -0.2) is 27.7 Å². The molecule has 0 radical (unpaired) electrons. The molecule has 5 heteroatoms. The lowest BCUT2D eigenvalue weighted by molar-refractivity contribution is -0.149. The van der Waals surface area contributed by atoms with Gasteiger partial charge in [-0.3, -0.25) is 9.59 Å². The minimum Gasteiger partial charge on any atom is -0.481 e. The Morgan fingerprint density at radius 2 is 2.00 bits per heavy atom. The molecule has 4 N–H and O–H groups in total. The summed E-state index contributed by atoms with van der Waals surface area (Å²) in [4.78, 5) is 21.3. The second kappa shape index (κ2) is 3.33. The smallest absolute Gasteiger partial charge is 0.323 e. The Hall–Kier alpha value is -1.10. The van der Waals surface area contributed by atoms with Crippen molar-refractivity contribution in [1.82, 2.24) is 0 Å². The van der Waals surface area contributed by atoms with Gasteiger partial charge in [0, 0.05) is 0 Å². The monoisotopic (exact) mass is 187 g/mol. The molecular formula is C8H13NO4. The molecule has 0 aromatic rings. The Morgan fingerprint density at radius 3 is 2.46 bits per heavy atom. The van der Waals surface area contributed by atoms with Gasteiger partial charge in [-0.15, -0.1) is 0 Å². The SMILES string of the molecule is N[C@]1(C(=O)O)CCC[C@H](C(=O)O)C1. The van der Waals surface area contributed by atoms with Gasteiger partial charge in [0.1, 0.15) is 5.54 Å². The second-order valence-electron chi connectivity index (χ2n) is 3.59. The standard InChI is InChI=1S/C8H13NO4/c9-8(7(12)13)3-1-2-5(4-8)6(10)11/h5H,1-4,9H2,(H,10,11)(H,12,13)/t5-,8+/m0/s1. The van der Waals surface area contributed by atoms with Crippen LogP contribution in [-0.2, 0) is 9.59 Å². The minimum atomic E-state index is -1.33. The Labute approximate surface area is 75.5 Å². The van der Waals surface area contributed by atoms with E-state index in [0.717, 1.165) is 0 Å². The predicted molar refractivity (Wildman–Crippen MR) is 44.1 cm³/mol. The van der Waals surface area contributed by atoms with Gasteiger partial charge in [0.15, 0.2) is 0 Å². The zero-order valence-corrected chi connectivity index (χ0v) is 7.19. The fourth-order valence-corrected chi connectivity index (χ4v) is 1.71. The van der Waals surface area contributed by atoms with Crippen molar-refractivity contribution in [2.45, 2.75) is 31.2 Å². The number of hydrogen-bond donors (Lipinski definition) is 3. The van der Waals surface area contributed by atoms with Gasteiger partial charge in [-0.2, -0.15) is 0 Å². The van der Waals surface area contributed by atoms with E-state index >= 15 is 0 Å². The molecule has 0 aromatic heterocycles. The summed E-state index contributed by atoms with van der Waals surface area (Å²) in [7, 11) is 0. The van der Waals surface area contributed by atoms with Crippen molar-refractivity contribution in [3.05, 3.63) is 0 Å². The summed E-state index contributed by atoms with van der Waals surface area (Å²) in [5.41, 5.74) is 4.24. The second-order valence-corrected chi connectivity index (χ2v) is 3.59. The van der Waals surface area contributed by atoms with Gasteiger partial charge in [0.05, 0.1) is 5.92 Å². The van der Waals surface area contributed by atoms with Crippen LogP contribution >= 0.6 is 0 Å². The summed E-state index contributed by atoms with van der Waals surface area (Å²) in [6, 6.07) is 0. The molecule has 2 atom stereocenters. The third kappa shape index (κ3) is 1.98. The molecule has 0 aliphatic heterocycles. The minimum absolute atomic E-state index is 0.0394. The summed E-state index contributed by atoms with van der Waals surface area (Å²) in [5.74, 6) is -2.65. The van der Waals surface area contributed by atoms with Gasteiger partial charge in [0.25, 0.3) is 0 Å². The van der Waals surface area contributed by atoms with Crippen molar-refractivity contribution in [2.24, 2.45) is 11.7 Å². The average molecular weight is 187 g/mol. The maximum Gasteiger partial charge on any atom is 0.323 e. The Kier molecular flexibility index (Phi) is 2.56. The first-order valence-corrected chi connectivity index (χ1v) is 4.21.